The van der Waals surface area contributed by atoms with Gasteiger partial charge in [-0.25, -0.2) is 9.97 Å². The van der Waals surface area contributed by atoms with Gasteiger partial charge in [-0.1, -0.05) is 30.7 Å². The van der Waals surface area contributed by atoms with Crippen molar-refractivity contribution in [1.82, 2.24) is 9.97 Å². The molecule has 1 heterocycles. The van der Waals surface area contributed by atoms with Gasteiger partial charge in [-0.05, 0) is 34.5 Å². The van der Waals surface area contributed by atoms with Crippen molar-refractivity contribution < 1.29 is 0 Å². The van der Waals surface area contributed by atoms with Crippen molar-refractivity contribution in [1.29, 1.82) is 0 Å². The third kappa shape index (κ3) is 2.76. The molecular weight excluding hydrogens is 302 g/mol. The van der Waals surface area contributed by atoms with Gasteiger partial charge in [0, 0.05) is 10.0 Å². The van der Waals surface area contributed by atoms with Crippen LogP contribution in [-0.4, -0.2) is 9.97 Å². The SMILES string of the molecule is CCc1c(Cl)ncnc1Nc1ccccc1Br. The number of halogens is 2. The first-order chi connectivity index (χ1) is 8.22. The zero-order valence-corrected chi connectivity index (χ0v) is 11.6. The Bertz CT molecular complexity index is 531. The number of nitrogens with zero attached hydrogens (tertiary/aromatic N) is 2. The summed E-state index contributed by atoms with van der Waals surface area (Å²) in [6.07, 6.45) is 2.24. The molecule has 2 aromatic rings. The number of rotatable bonds is 3. The van der Waals surface area contributed by atoms with Gasteiger partial charge in [-0.15, -0.1) is 0 Å². The molecule has 2 rings (SSSR count). The van der Waals surface area contributed by atoms with Crippen LogP contribution < -0.4 is 5.32 Å². The molecule has 88 valence electrons. The maximum absolute atomic E-state index is 6.03. The van der Waals surface area contributed by atoms with Crippen molar-refractivity contribution in [3.63, 3.8) is 0 Å². The maximum atomic E-state index is 6.03. The molecule has 0 unspecified atom stereocenters. The molecule has 0 saturated heterocycles. The summed E-state index contributed by atoms with van der Waals surface area (Å²) in [5.74, 6) is 0.749. The van der Waals surface area contributed by atoms with Crippen molar-refractivity contribution >= 4 is 39.0 Å². The van der Waals surface area contributed by atoms with Gasteiger partial charge in [0.05, 0.1) is 5.69 Å². The van der Waals surface area contributed by atoms with E-state index in [0.29, 0.717) is 5.15 Å². The summed E-state index contributed by atoms with van der Waals surface area (Å²) in [6.45, 7) is 2.02. The van der Waals surface area contributed by atoms with Crippen molar-refractivity contribution in [2.24, 2.45) is 0 Å². The number of benzene rings is 1. The largest absolute Gasteiger partial charge is 0.339 e. The van der Waals surface area contributed by atoms with E-state index in [1.54, 1.807) is 0 Å². The van der Waals surface area contributed by atoms with Gasteiger partial charge in [0.1, 0.15) is 17.3 Å². The van der Waals surface area contributed by atoms with Gasteiger partial charge in [-0.3, -0.25) is 0 Å². The Morgan fingerprint density at radius 3 is 2.76 bits per heavy atom. The molecule has 0 radical (unpaired) electrons. The van der Waals surface area contributed by atoms with Gasteiger partial charge in [-0.2, -0.15) is 0 Å². The predicted molar refractivity (Wildman–Crippen MR) is 73.8 cm³/mol. The minimum atomic E-state index is 0.497. The zero-order valence-electron chi connectivity index (χ0n) is 9.24. The minimum Gasteiger partial charge on any atom is -0.339 e. The number of hydrogen-bond acceptors (Lipinski definition) is 3. The minimum absolute atomic E-state index is 0.497. The van der Waals surface area contributed by atoms with Crippen LogP contribution in [0.3, 0.4) is 0 Å². The summed E-state index contributed by atoms with van der Waals surface area (Å²) in [6, 6.07) is 7.86. The molecule has 0 atom stereocenters. The molecular formula is C12H11BrClN3. The highest BCUT2D eigenvalue weighted by atomic mass is 79.9. The van der Waals surface area contributed by atoms with E-state index in [0.717, 1.165) is 28.0 Å². The fourth-order valence-electron chi connectivity index (χ4n) is 1.50. The zero-order chi connectivity index (χ0) is 12.3. The summed E-state index contributed by atoms with van der Waals surface area (Å²) >= 11 is 9.51. The summed E-state index contributed by atoms with van der Waals surface area (Å²) in [5.41, 5.74) is 1.88. The van der Waals surface area contributed by atoms with E-state index in [1.165, 1.54) is 6.33 Å². The lowest BCUT2D eigenvalue weighted by atomic mass is 10.2. The van der Waals surface area contributed by atoms with Gasteiger partial charge in [0.2, 0.25) is 0 Å². The second-order valence-electron chi connectivity index (χ2n) is 3.45. The molecule has 0 fully saturated rings. The molecule has 5 heteroatoms. The highest BCUT2D eigenvalue weighted by Gasteiger charge is 2.09. The monoisotopic (exact) mass is 311 g/mol. The summed E-state index contributed by atoms with van der Waals surface area (Å²) < 4.78 is 0.983. The number of nitrogens with one attached hydrogen (secondary N) is 1. The predicted octanol–water partition coefficient (Wildman–Crippen LogP) is 4.20. The second-order valence-corrected chi connectivity index (χ2v) is 4.66. The Kier molecular flexibility index (Phi) is 3.97. The lowest BCUT2D eigenvalue weighted by Crippen LogP contribution is -2.00. The molecule has 1 aromatic carbocycles. The number of anilines is 2. The Hall–Kier alpha value is -1.13. The van der Waals surface area contributed by atoms with E-state index >= 15 is 0 Å². The topological polar surface area (TPSA) is 37.8 Å². The van der Waals surface area contributed by atoms with Crippen LogP contribution in [0, 0.1) is 0 Å². The molecule has 0 saturated carbocycles. The molecule has 0 aliphatic rings. The molecule has 0 bridgehead atoms. The highest BCUT2D eigenvalue weighted by Crippen LogP contribution is 2.28. The smallest absolute Gasteiger partial charge is 0.138 e. The molecule has 0 aliphatic carbocycles. The second kappa shape index (κ2) is 5.47. The van der Waals surface area contributed by atoms with E-state index < -0.39 is 0 Å². The first-order valence-corrected chi connectivity index (χ1v) is 6.40. The lowest BCUT2D eigenvalue weighted by molar-refractivity contribution is 1.05. The molecule has 1 aromatic heterocycles. The molecule has 3 nitrogen and oxygen atoms in total. The van der Waals surface area contributed by atoms with E-state index in [4.69, 9.17) is 11.6 Å². The standard InChI is InChI=1S/C12H11BrClN3/c1-2-8-11(14)15-7-16-12(8)17-10-6-4-3-5-9(10)13/h3-7H,2H2,1H3,(H,15,16,17). The van der Waals surface area contributed by atoms with Crippen LogP contribution in [0.2, 0.25) is 5.15 Å². The summed E-state index contributed by atoms with van der Waals surface area (Å²) in [5, 5.41) is 3.75. The fourth-order valence-corrected chi connectivity index (χ4v) is 2.15. The van der Waals surface area contributed by atoms with E-state index in [9.17, 15) is 0 Å². The maximum Gasteiger partial charge on any atom is 0.138 e. The first kappa shape index (κ1) is 12.3. The molecule has 0 spiro atoms. The van der Waals surface area contributed by atoms with Gasteiger partial charge in [0.25, 0.3) is 0 Å². The highest BCUT2D eigenvalue weighted by molar-refractivity contribution is 9.10. The molecule has 1 N–H and O–H groups in total. The third-order valence-electron chi connectivity index (χ3n) is 2.37. The van der Waals surface area contributed by atoms with Crippen LogP contribution in [0.4, 0.5) is 11.5 Å². The number of para-hydroxylation sites is 1. The Balaban J connectivity index is 2.37. The van der Waals surface area contributed by atoms with Gasteiger partial charge in [0.15, 0.2) is 0 Å². The molecule has 17 heavy (non-hydrogen) atoms. The van der Waals surface area contributed by atoms with Crippen LogP contribution >= 0.6 is 27.5 Å². The quantitative estimate of drug-likeness (QED) is 0.863. The van der Waals surface area contributed by atoms with Gasteiger partial charge < -0.3 is 5.32 Å². The third-order valence-corrected chi connectivity index (χ3v) is 3.39. The van der Waals surface area contributed by atoms with Crippen LogP contribution in [-0.2, 0) is 6.42 Å². The summed E-state index contributed by atoms with van der Waals surface area (Å²) in [4.78, 5) is 8.20. The van der Waals surface area contributed by atoms with Crippen LogP contribution in [0.5, 0.6) is 0 Å². The average molecular weight is 313 g/mol. The molecule has 0 aliphatic heterocycles. The van der Waals surface area contributed by atoms with Crippen molar-refractivity contribution in [3.8, 4) is 0 Å². The van der Waals surface area contributed by atoms with Gasteiger partial charge >= 0.3 is 0 Å². The van der Waals surface area contributed by atoms with Crippen molar-refractivity contribution in [3.05, 3.63) is 45.8 Å². The Labute approximate surface area is 113 Å². The van der Waals surface area contributed by atoms with E-state index in [1.807, 2.05) is 31.2 Å². The van der Waals surface area contributed by atoms with E-state index in [2.05, 4.69) is 31.2 Å². The molecule has 0 amide bonds. The number of hydrogen-bond donors (Lipinski definition) is 1. The van der Waals surface area contributed by atoms with Crippen LogP contribution in [0.1, 0.15) is 12.5 Å². The van der Waals surface area contributed by atoms with Crippen LogP contribution in [0.15, 0.2) is 35.1 Å². The average Bonchev–Trinajstić information content (AvgIpc) is 2.32. The Morgan fingerprint density at radius 2 is 2.06 bits per heavy atom. The fraction of sp³-hybridized carbons (Fsp3) is 0.167. The summed E-state index contributed by atoms with van der Waals surface area (Å²) in [7, 11) is 0. The Morgan fingerprint density at radius 1 is 1.29 bits per heavy atom. The normalized spacial score (nSPS) is 10.3. The van der Waals surface area contributed by atoms with Crippen molar-refractivity contribution in [2.75, 3.05) is 5.32 Å². The van der Waals surface area contributed by atoms with Crippen LogP contribution in [0.25, 0.3) is 0 Å². The lowest BCUT2D eigenvalue weighted by Gasteiger charge is -2.11. The van der Waals surface area contributed by atoms with Crippen molar-refractivity contribution in [2.45, 2.75) is 13.3 Å². The van der Waals surface area contributed by atoms with E-state index in [-0.39, 0.29) is 0 Å². The number of aromatic nitrogens is 2. The first-order valence-electron chi connectivity index (χ1n) is 5.23.